The molecule has 0 saturated heterocycles. The molecule has 1 unspecified atom stereocenters. The Bertz CT molecular complexity index is 447. The summed E-state index contributed by atoms with van der Waals surface area (Å²) >= 11 is 1.81. The van der Waals surface area contributed by atoms with Crippen LogP contribution in [-0.2, 0) is 4.79 Å². The molecule has 0 spiro atoms. The second kappa shape index (κ2) is 5.76. The number of nitrogens with zero attached hydrogens (tertiary/aromatic N) is 1. The van der Waals surface area contributed by atoms with Gasteiger partial charge in [-0.05, 0) is 24.3 Å². The molecule has 0 aromatic heterocycles. The molecular formula is C14H19NO2S. The van der Waals surface area contributed by atoms with Crippen molar-refractivity contribution in [2.24, 2.45) is 0 Å². The van der Waals surface area contributed by atoms with Gasteiger partial charge in [0.05, 0.1) is 5.69 Å². The van der Waals surface area contributed by atoms with E-state index in [2.05, 4.69) is 6.92 Å². The lowest BCUT2D eigenvalue weighted by Gasteiger charge is -2.10. The largest absolute Gasteiger partial charge is 0.378 e. The van der Waals surface area contributed by atoms with Crippen LogP contribution < -0.4 is 4.90 Å². The Morgan fingerprint density at radius 3 is 2.89 bits per heavy atom. The number of carbonyl (C=O) groups excluding carboxylic acids is 1. The van der Waals surface area contributed by atoms with Crippen LogP contribution in [0, 0.1) is 0 Å². The van der Waals surface area contributed by atoms with Gasteiger partial charge in [-0.2, -0.15) is 0 Å². The molecule has 1 atom stereocenters. The second-order valence-electron chi connectivity index (χ2n) is 4.58. The van der Waals surface area contributed by atoms with Crippen LogP contribution in [-0.4, -0.2) is 23.8 Å². The van der Waals surface area contributed by atoms with E-state index in [9.17, 15) is 9.90 Å². The number of thioether (sulfide) groups is 1. The monoisotopic (exact) mass is 265 g/mol. The summed E-state index contributed by atoms with van der Waals surface area (Å²) in [5, 5.41) is 9.76. The van der Waals surface area contributed by atoms with Crippen molar-refractivity contribution >= 4 is 23.4 Å². The number of benzene rings is 1. The molecule has 0 fully saturated rings. The van der Waals surface area contributed by atoms with E-state index in [0.29, 0.717) is 0 Å². The average molecular weight is 265 g/mol. The molecule has 1 aliphatic rings. The first-order valence-corrected chi connectivity index (χ1v) is 7.36. The van der Waals surface area contributed by atoms with Crippen molar-refractivity contribution in [2.75, 3.05) is 17.7 Å². The third-order valence-electron chi connectivity index (χ3n) is 3.24. The number of carbonyl (C=O) groups is 1. The van der Waals surface area contributed by atoms with Crippen LogP contribution >= 0.6 is 11.8 Å². The molecule has 4 heteroatoms. The third kappa shape index (κ3) is 2.54. The van der Waals surface area contributed by atoms with Gasteiger partial charge in [-0.1, -0.05) is 25.8 Å². The van der Waals surface area contributed by atoms with Gasteiger partial charge >= 0.3 is 0 Å². The lowest BCUT2D eigenvalue weighted by Crippen LogP contribution is -2.23. The minimum Gasteiger partial charge on any atom is -0.378 e. The van der Waals surface area contributed by atoms with Crippen LogP contribution in [0.3, 0.4) is 0 Å². The fourth-order valence-corrected chi connectivity index (χ4v) is 3.06. The molecular weight excluding hydrogens is 246 g/mol. The number of aliphatic hydroxyl groups is 1. The fourth-order valence-electron chi connectivity index (χ4n) is 2.11. The summed E-state index contributed by atoms with van der Waals surface area (Å²) < 4.78 is 0. The lowest BCUT2D eigenvalue weighted by molar-refractivity contribution is -0.125. The van der Waals surface area contributed by atoms with E-state index in [1.54, 1.807) is 7.05 Å². The van der Waals surface area contributed by atoms with E-state index in [1.165, 1.54) is 29.1 Å². The number of anilines is 1. The van der Waals surface area contributed by atoms with Gasteiger partial charge in [0.15, 0.2) is 6.10 Å². The van der Waals surface area contributed by atoms with Gasteiger partial charge in [0, 0.05) is 17.5 Å². The molecule has 1 aliphatic heterocycles. The van der Waals surface area contributed by atoms with Crippen LogP contribution in [0.1, 0.15) is 37.9 Å². The lowest BCUT2D eigenvalue weighted by atomic mass is 10.1. The molecule has 0 aliphatic carbocycles. The predicted molar refractivity (Wildman–Crippen MR) is 75.1 cm³/mol. The number of amides is 1. The van der Waals surface area contributed by atoms with E-state index >= 15 is 0 Å². The highest BCUT2D eigenvalue weighted by Gasteiger charge is 2.33. The normalized spacial score (nSPS) is 18.3. The summed E-state index contributed by atoms with van der Waals surface area (Å²) in [5.41, 5.74) is 1.56. The van der Waals surface area contributed by atoms with E-state index in [0.717, 1.165) is 17.0 Å². The maximum absolute atomic E-state index is 11.6. The van der Waals surface area contributed by atoms with Gasteiger partial charge in [-0.3, -0.25) is 4.79 Å². The molecule has 0 bridgehead atoms. The smallest absolute Gasteiger partial charge is 0.260 e. The van der Waals surface area contributed by atoms with E-state index < -0.39 is 6.10 Å². The highest BCUT2D eigenvalue weighted by atomic mass is 32.2. The van der Waals surface area contributed by atoms with Crippen LogP contribution in [0.15, 0.2) is 23.1 Å². The molecule has 3 nitrogen and oxygen atoms in total. The first kappa shape index (κ1) is 13.4. The summed E-state index contributed by atoms with van der Waals surface area (Å²) in [6.45, 7) is 2.20. The number of hydrogen-bond donors (Lipinski definition) is 1. The summed E-state index contributed by atoms with van der Waals surface area (Å²) in [6.07, 6.45) is 2.72. The summed E-state index contributed by atoms with van der Waals surface area (Å²) in [4.78, 5) is 14.3. The average Bonchev–Trinajstić information content (AvgIpc) is 2.60. The quantitative estimate of drug-likeness (QED) is 0.657. The molecule has 1 amide bonds. The number of fused-ring (bicyclic) bond motifs is 1. The molecule has 1 heterocycles. The molecule has 18 heavy (non-hydrogen) atoms. The zero-order valence-electron chi connectivity index (χ0n) is 10.8. The van der Waals surface area contributed by atoms with Gasteiger partial charge < -0.3 is 10.0 Å². The standard InChI is InChI=1S/C14H19NO2S/c1-3-4-5-8-18-10-6-7-11-12(9-10)15(2)14(17)13(11)16/h6-7,9,13,16H,3-5,8H2,1-2H3. The van der Waals surface area contributed by atoms with Crippen molar-refractivity contribution in [1.29, 1.82) is 0 Å². The van der Waals surface area contributed by atoms with E-state index in [1.807, 2.05) is 30.0 Å². The van der Waals surface area contributed by atoms with Crippen LogP contribution in [0.2, 0.25) is 0 Å². The van der Waals surface area contributed by atoms with Crippen molar-refractivity contribution in [3.63, 3.8) is 0 Å². The third-order valence-corrected chi connectivity index (χ3v) is 4.32. The predicted octanol–water partition coefficient (Wildman–Crippen LogP) is 2.98. The Morgan fingerprint density at radius 1 is 1.39 bits per heavy atom. The highest BCUT2D eigenvalue weighted by Crippen LogP contribution is 2.37. The molecule has 0 radical (unpaired) electrons. The Hall–Kier alpha value is -1.00. The van der Waals surface area contributed by atoms with Crippen LogP contribution in [0.4, 0.5) is 5.69 Å². The zero-order chi connectivity index (χ0) is 13.1. The number of likely N-dealkylation sites (N-methyl/N-ethyl adjacent to an activating group) is 1. The van der Waals surface area contributed by atoms with E-state index in [-0.39, 0.29) is 5.91 Å². The SMILES string of the molecule is CCCCCSc1ccc2c(c1)N(C)C(=O)C2O. The van der Waals surface area contributed by atoms with Crippen molar-refractivity contribution in [2.45, 2.75) is 37.2 Å². The Balaban J connectivity index is 2.07. The van der Waals surface area contributed by atoms with Gasteiger partial charge in [0.25, 0.3) is 5.91 Å². The van der Waals surface area contributed by atoms with Crippen molar-refractivity contribution < 1.29 is 9.90 Å². The second-order valence-corrected chi connectivity index (χ2v) is 5.74. The maximum atomic E-state index is 11.6. The molecule has 1 aromatic rings. The van der Waals surface area contributed by atoms with Gasteiger partial charge in [0.1, 0.15) is 0 Å². The number of unbranched alkanes of at least 4 members (excludes halogenated alkanes) is 2. The topological polar surface area (TPSA) is 40.5 Å². The molecule has 1 aromatic carbocycles. The highest BCUT2D eigenvalue weighted by molar-refractivity contribution is 7.99. The summed E-state index contributed by atoms with van der Waals surface area (Å²) in [5.74, 6) is 0.866. The number of rotatable bonds is 5. The van der Waals surface area contributed by atoms with E-state index in [4.69, 9.17) is 0 Å². The fraction of sp³-hybridized carbons (Fsp3) is 0.500. The first-order valence-electron chi connectivity index (χ1n) is 6.37. The summed E-state index contributed by atoms with van der Waals surface area (Å²) in [6, 6.07) is 5.86. The number of hydrogen-bond acceptors (Lipinski definition) is 3. The van der Waals surface area contributed by atoms with Gasteiger partial charge in [-0.25, -0.2) is 0 Å². The maximum Gasteiger partial charge on any atom is 0.260 e. The molecule has 98 valence electrons. The molecule has 1 N–H and O–H groups in total. The van der Waals surface area contributed by atoms with Crippen molar-refractivity contribution in [1.82, 2.24) is 0 Å². The first-order chi connectivity index (χ1) is 8.65. The van der Waals surface area contributed by atoms with Crippen molar-refractivity contribution in [3.8, 4) is 0 Å². The Kier molecular flexibility index (Phi) is 4.30. The minimum absolute atomic E-state index is 0.238. The zero-order valence-corrected chi connectivity index (χ0v) is 11.7. The van der Waals surface area contributed by atoms with Gasteiger partial charge in [0.2, 0.25) is 0 Å². The molecule has 0 saturated carbocycles. The Labute approximate surface area is 112 Å². The van der Waals surface area contributed by atoms with Gasteiger partial charge in [-0.15, -0.1) is 11.8 Å². The van der Waals surface area contributed by atoms with Crippen LogP contribution in [0.5, 0.6) is 0 Å². The minimum atomic E-state index is -0.982. The van der Waals surface area contributed by atoms with Crippen molar-refractivity contribution in [3.05, 3.63) is 23.8 Å². The van der Waals surface area contributed by atoms with Crippen LogP contribution in [0.25, 0.3) is 0 Å². The molecule has 2 rings (SSSR count). The number of aliphatic hydroxyl groups excluding tert-OH is 1. The summed E-state index contributed by atoms with van der Waals surface area (Å²) in [7, 11) is 1.71. The Morgan fingerprint density at radius 2 is 2.17 bits per heavy atom.